The molecule has 2 aromatic rings. The Labute approximate surface area is 127 Å². The smallest absolute Gasteiger partial charge is 0.275 e. The van der Waals surface area contributed by atoms with E-state index in [0.717, 1.165) is 17.5 Å². The van der Waals surface area contributed by atoms with Crippen molar-refractivity contribution in [1.82, 2.24) is 5.43 Å². The van der Waals surface area contributed by atoms with Crippen LogP contribution in [0.25, 0.3) is 10.1 Å². The van der Waals surface area contributed by atoms with E-state index in [4.69, 9.17) is 10.6 Å². The Kier molecular flexibility index (Phi) is 5.27. The Balaban J connectivity index is 2.40. The highest BCUT2D eigenvalue weighted by Crippen LogP contribution is 2.34. The summed E-state index contributed by atoms with van der Waals surface area (Å²) < 4.78 is 20.6. The second-order valence-electron chi connectivity index (χ2n) is 4.91. The van der Waals surface area contributed by atoms with E-state index in [1.165, 1.54) is 17.4 Å². The van der Waals surface area contributed by atoms with Gasteiger partial charge in [-0.2, -0.15) is 0 Å². The zero-order valence-electron chi connectivity index (χ0n) is 12.1. The van der Waals surface area contributed by atoms with Gasteiger partial charge >= 0.3 is 0 Å². The molecule has 0 fully saturated rings. The van der Waals surface area contributed by atoms with Crippen molar-refractivity contribution in [3.05, 3.63) is 34.5 Å². The van der Waals surface area contributed by atoms with Gasteiger partial charge < -0.3 is 4.74 Å². The number of hydrogen-bond acceptors (Lipinski definition) is 4. The fraction of sp³-hybridized carbons (Fsp3) is 0.400. The molecule has 2 rings (SSSR count). The number of ether oxygens (including phenoxy) is 1. The van der Waals surface area contributed by atoms with Gasteiger partial charge in [0.15, 0.2) is 0 Å². The number of nitrogens with one attached hydrogen (secondary N) is 1. The number of nitrogens with two attached hydrogens (primary N) is 1. The zero-order chi connectivity index (χ0) is 15.4. The number of fused-ring (bicyclic) bond motifs is 1. The Bertz CT molecular complexity index is 642. The predicted molar refractivity (Wildman–Crippen MR) is 82.6 cm³/mol. The number of hydrogen-bond donors (Lipinski definition) is 2. The lowest BCUT2D eigenvalue weighted by Crippen LogP contribution is -2.30. The lowest BCUT2D eigenvalue weighted by Gasteiger charge is -2.12. The van der Waals surface area contributed by atoms with Gasteiger partial charge in [0.25, 0.3) is 5.91 Å². The fourth-order valence-corrected chi connectivity index (χ4v) is 3.39. The van der Waals surface area contributed by atoms with E-state index in [0.29, 0.717) is 15.8 Å². The maximum absolute atomic E-state index is 14.1. The third kappa shape index (κ3) is 3.40. The number of hydrazine groups is 1. The molecule has 0 radical (unpaired) electrons. The molecule has 0 aliphatic carbocycles. The number of carbonyl (C=O) groups excluding carboxylic acids is 1. The molecule has 4 nitrogen and oxygen atoms in total. The standard InChI is InChI=1S/C15H19FN2O2S/c1-3-5-9(2)20-8-10-13-11(16)6-4-7-12(13)21-14(10)15(19)18-17/h4,6-7,9H,3,5,8,17H2,1-2H3,(H,18,19). The topological polar surface area (TPSA) is 64.3 Å². The van der Waals surface area contributed by atoms with Gasteiger partial charge in [0.2, 0.25) is 0 Å². The molecule has 21 heavy (non-hydrogen) atoms. The minimum Gasteiger partial charge on any atom is -0.374 e. The lowest BCUT2D eigenvalue weighted by atomic mass is 10.1. The first-order valence-electron chi connectivity index (χ1n) is 6.90. The van der Waals surface area contributed by atoms with Crippen molar-refractivity contribution < 1.29 is 13.9 Å². The van der Waals surface area contributed by atoms with Crippen molar-refractivity contribution in [2.75, 3.05) is 0 Å². The molecule has 114 valence electrons. The molecule has 0 saturated heterocycles. The highest BCUT2D eigenvalue weighted by molar-refractivity contribution is 7.21. The fourth-order valence-electron chi connectivity index (χ4n) is 2.27. The highest BCUT2D eigenvalue weighted by atomic mass is 32.1. The van der Waals surface area contributed by atoms with Crippen LogP contribution < -0.4 is 11.3 Å². The average Bonchev–Trinajstić information content (AvgIpc) is 2.84. The van der Waals surface area contributed by atoms with Gasteiger partial charge in [0, 0.05) is 15.6 Å². The van der Waals surface area contributed by atoms with E-state index >= 15 is 0 Å². The van der Waals surface area contributed by atoms with Gasteiger partial charge in [0.05, 0.1) is 12.7 Å². The van der Waals surface area contributed by atoms with E-state index in [2.05, 4.69) is 12.3 Å². The Morgan fingerprint density at radius 2 is 2.29 bits per heavy atom. The van der Waals surface area contributed by atoms with Crippen molar-refractivity contribution in [1.29, 1.82) is 0 Å². The molecule has 1 heterocycles. The summed E-state index contributed by atoms with van der Waals surface area (Å²) in [6.45, 7) is 4.24. The molecule has 1 aromatic heterocycles. The van der Waals surface area contributed by atoms with Crippen LogP contribution >= 0.6 is 11.3 Å². The monoisotopic (exact) mass is 310 g/mol. The molecular weight excluding hydrogens is 291 g/mol. The average molecular weight is 310 g/mol. The van der Waals surface area contributed by atoms with E-state index in [1.54, 1.807) is 12.1 Å². The van der Waals surface area contributed by atoms with Crippen LogP contribution in [0.4, 0.5) is 4.39 Å². The van der Waals surface area contributed by atoms with Gasteiger partial charge in [-0.25, -0.2) is 10.2 Å². The van der Waals surface area contributed by atoms with Gasteiger partial charge in [-0.05, 0) is 25.5 Å². The van der Waals surface area contributed by atoms with Crippen LogP contribution in [-0.2, 0) is 11.3 Å². The minimum atomic E-state index is -0.419. The SMILES string of the molecule is CCCC(C)OCc1c(C(=O)NN)sc2cccc(F)c12. The first-order chi connectivity index (χ1) is 10.1. The summed E-state index contributed by atoms with van der Waals surface area (Å²) >= 11 is 1.22. The zero-order valence-corrected chi connectivity index (χ0v) is 12.9. The molecule has 0 aliphatic heterocycles. The van der Waals surface area contributed by atoms with E-state index in [1.807, 2.05) is 6.92 Å². The third-order valence-electron chi connectivity index (χ3n) is 3.31. The Hall–Kier alpha value is -1.50. The number of nitrogen functional groups attached to an aromatic ring is 1. The van der Waals surface area contributed by atoms with Crippen LogP contribution in [0.1, 0.15) is 41.9 Å². The van der Waals surface area contributed by atoms with Gasteiger partial charge in [0.1, 0.15) is 10.7 Å². The predicted octanol–water partition coefficient (Wildman–Crippen LogP) is 3.35. The largest absolute Gasteiger partial charge is 0.374 e. The molecule has 0 saturated carbocycles. The minimum absolute atomic E-state index is 0.0607. The number of amides is 1. The quantitative estimate of drug-likeness (QED) is 0.488. The molecule has 1 atom stereocenters. The van der Waals surface area contributed by atoms with Crippen LogP contribution in [0.15, 0.2) is 18.2 Å². The van der Waals surface area contributed by atoms with Crippen molar-refractivity contribution in [3.8, 4) is 0 Å². The number of carbonyl (C=O) groups is 1. The first-order valence-corrected chi connectivity index (χ1v) is 7.72. The number of halogens is 1. The molecule has 0 bridgehead atoms. The van der Waals surface area contributed by atoms with Crippen LogP contribution in [0.3, 0.4) is 0 Å². The second kappa shape index (κ2) is 6.98. The molecule has 1 unspecified atom stereocenters. The van der Waals surface area contributed by atoms with Gasteiger partial charge in [-0.1, -0.05) is 19.4 Å². The molecule has 0 aliphatic rings. The second-order valence-corrected chi connectivity index (χ2v) is 5.96. The summed E-state index contributed by atoms with van der Waals surface area (Å²) in [5, 5.41) is 0.449. The summed E-state index contributed by atoms with van der Waals surface area (Å²) in [7, 11) is 0. The van der Waals surface area contributed by atoms with Crippen molar-refractivity contribution in [2.24, 2.45) is 5.84 Å². The van der Waals surface area contributed by atoms with E-state index in [-0.39, 0.29) is 18.5 Å². The molecule has 6 heteroatoms. The van der Waals surface area contributed by atoms with Crippen molar-refractivity contribution >= 4 is 27.3 Å². The van der Waals surface area contributed by atoms with Crippen LogP contribution in [-0.4, -0.2) is 12.0 Å². The van der Waals surface area contributed by atoms with Gasteiger partial charge in [-0.3, -0.25) is 10.2 Å². The lowest BCUT2D eigenvalue weighted by molar-refractivity contribution is 0.0473. The molecule has 1 aromatic carbocycles. The Morgan fingerprint density at radius 1 is 1.52 bits per heavy atom. The molecule has 0 spiro atoms. The summed E-state index contributed by atoms with van der Waals surface area (Å²) in [5.74, 6) is 4.44. The maximum atomic E-state index is 14.1. The van der Waals surface area contributed by atoms with Crippen molar-refractivity contribution in [2.45, 2.75) is 39.4 Å². The number of rotatable bonds is 6. The number of benzene rings is 1. The van der Waals surface area contributed by atoms with Crippen LogP contribution in [0, 0.1) is 5.82 Å². The number of thiophene rings is 1. The van der Waals surface area contributed by atoms with Crippen LogP contribution in [0.5, 0.6) is 0 Å². The summed E-state index contributed by atoms with van der Waals surface area (Å²) in [4.78, 5) is 12.3. The van der Waals surface area contributed by atoms with E-state index < -0.39 is 5.91 Å². The summed E-state index contributed by atoms with van der Waals surface area (Å²) in [6.07, 6.45) is 1.99. The summed E-state index contributed by atoms with van der Waals surface area (Å²) in [6, 6.07) is 4.80. The van der Waals surface area contributed by atoms with Crippen LogP contribution in [0.2, 0.25) is 0 Å². The third-order valence-corrected chi connectivity index (χ3v) is 4.50. The molecule has 3 N–H and O–H groups in total. The summed E-state index contributed by atoms with van der Waals surface area (Å²) in [5.41, 5.74) is 2.68. The van der Waals surface area contributed by atoms with Crippen molar-refractivity contribution in [3.63, 3.8) is 0 Å². The Morgan fingerprint density at radius 3 is 2.95 bits per heavy atom. The molecule has 1 amide bonds. The van der Waals surface area contributed by atoms with Gasteiger partial charge in [-0.15, -0.1) is 11.3 Å². The van der Waals surface area contributed by atoms with E-state index in [9.17, 15) is 9.18 Å². The molecular formula is C15H19FN2O2S. The maximum Gasteiger partial charge on any atom is 0.275 e. The normalized spacial score (nSPS) is 12.6. The first kappa shape index (κ1) is 15.9. The highest BCUT2D eigenvalue weighted by Gasteiger charge is 2.20.